The highest BCUT2D eigenvalue weighted by molar-refractivity contribution is 5.75. The van der Waals surface area contributed by atoms with Gasteiger partial charge >= 0.3 is 6.03 Å². The summed E-state index contributed by atoms with van der Waals surface area (Å²) in [6.45, 7) is 9.81. The molecule has 1 aliphatic heterocycles. The van der Waals surface area contributed by atoms with Crippen molar-refractivity contribution in [3.05, 3.63) is 53.6 Å². The fraction of sp³-hybridized carbons (Fsp3) is 0.435. The second-order valence-corrected chi connectivity index (χ2v) is 7.47. The molecule has 0 fully saturated rings. The second-order valence-electron chi connectivity index (χ2n) is 7.47. The number of nitrogens with one attached hydrogen (secondary N) is 2. The summed E-state index contributed by atoms with van der Waals surface area (Å²) in [4.78, 5) is 12.7. The molecule has 29 heavy (non-hydrogen) atoms. The summed E-state index contributed by atoms with van der Waals surface area (Å²) in [7, 11) is 0. The Balaban J connectivity index is 1.65. The molecule has 156 valence electrons. The number of hydrogen-bond acceptors (Lipinski definition) is 4. The Kier molecular flexibility index (Phi) is 6.86. The summed E-state index contributed by atoms with van der Waals surface area (Å²) in [5, 5.41) is 6.12. The first kappa shape index (κ1) is 20.8. The first-order valence-electron chi connectivity index (χ1n) is 10.2. The average Bonchev–Trinajstić information content (AvgIpc) is 2.72. The number of urea groups is 1. The van der Waals surface area contributed by atoms with Crippen molar-refractivity contribution < 1.29 is 19.0 Å². The Labute approximate surface area is 172 Å². The predicted octanol–water partition coefficient (Wildman–Crippen LogP) is 4.61. The Bertz CT molecular complexity index is 820. The highest BCUT2D eigenvalue weighted by Gasteiger charge is 2.22. The third-order valence-electron chi connectivity index (χ3n) is 4.92. The van der Waals surface area contributed by atoms with Crippen LogP contribution in [0.2, 0.25) is 0 Å². The van der Waals surface area contributed by atoms with E-state index < -0.39 is 0 Å². The monoisotopic (exact) mass is 398 g/mol. The number of hydrogen-bond donors (Lipinski definition) is 2. The number of fused-ring (bicyclic) bond motifs is 1. The minimum absolute atomic E-state index is 0.126. The van der Waals surface area contributed by atoms with Gasteiger partial charge in [-0.3, -0.25) is 0 Å². The molecule has 1 aliphatic rings. The van der Waals surface area contributed by atoms with Crippen molar-refractivity contribution in [1.29, 1.82) is 0 Å². The van der Waals surface area contributed by atoms with Gasteiger partial charge in [-0.1, -0.05) is 32.0 Å². The van der Waals surface area contributed by atoms with Crippen molar-refractivity contribution in [3.8, 4) is 17.2 Å². The fourth-order valence-electron chi connectivity index (χ4n) is 3.37. The molecule has 0 bridgehead atoms. The molecular formula is C23H30N2O4. The molecule has 2 N–H and O–H groups in total. The topological polar surface area (TPSA) is 68.8 Å². The maximum absolute atomic E-state index is 12.7. The lowest BCUT2D eigenvalue weighted by atomic mass is 9.95. The Morgan fingerprint density at radius 3 is 2.28 bits per heavy atom. The van der Waals surface area contributed by atoms with Crippen LogP contribution < -0.4 is 24.8 Å². The molecule has 1 heterocycles. The van der Waals surface area contributed by atoms with Gasteiger partial charge in [-0.2, -0.15) is 0 Å². The van der Waals surface area contributed by atoms with Gasteiger partial charge in [0, 0.05) is 0 Å². The maximum Gasteiger partial charge on any atom is 0.315 e. The summed E-state index contributed by atoms with van der Waals surface area (Å²) in [6, 6.07) is 13.1. The van der Waals surface area contributed by atoms with Gasteiger partial charge in [-0.05, 0) is 55.2 Å². The van der Waals surface area contributed by atoms with Crippen molar-refractivity contribution in [2.75, 3.05) is 19.8 Å². The highest BCUT2D eigenvalue weighted by Crippen LogP contribution is 2.34. The van der Waals surface area contributed by atoms with E-state index in [1.807, 2.05) is 56.3 Å². The molecule has 0 radical (unpaired) electrons. The van der Waals surface area contributed by atoms with E-state index in [0.717, 1.165) is 28.4 Å². The smallest absolute Gasteiger partial charge is 0.315 e. The van der Waals surface area contributed by atoms with Crippen LogP contribution in [0.1, 0.15) is 50.9 Å². The van der Waals surface area contributed by atoms with Gasteiger partial charge in [0.25, 0.3) is 0 Å². The molecule has 6 nitrogen and oxygen atoms in total. The van der Waals surface area contributed by atoms with Gasteiger partial charge in [0.2, 0.25) is 0 Å². The zero-order valence-corrected chi connectivity index (χ0v) is 17.5. The highest BCUT2D eigenvalue weighted by atomic mass is 16.6. The fourth-order valence-corrected chi connectivity index (χ4v) is 3.37. The van der Waals surface area contributed by atoms with Crippen molar-refractivity contribution in [1.82, 2.24) is 10.6 Å². The third kappa shape index (κ3) is 5.34. The van der Waals surface area contributed by atoms with E-state index >= 15 is 0 Å². The molecule has 0 unspecified atom stereocenters. The summed E-state index contributed by atoms with van der Waals surface area (Å²) >= 11 is 0. The number of carbonyl (C=O) groups excluding carboxylic acids is 1. The van der Waals surface area contributed by atoms with Crippen LogP contribution >= 0.6 is 0 Å². The first-order valence-corrected chi connectivity index (χ1v) is 10.2. The molecule has 0 spiro atoms. The molecule has 2 atom stereocenters. The minimum Gasteiger partial charge on any atom is -0.494 e. The lowest BCUT2D eigenvalue weighted by Crippen LogP contribution is -2.40. The molecule has 2 aromatic carbocycles. The van der Waals surface area contributed by atoms with Crippen molar-refractivity contribution in [3.63, 3.8) is 0 Å². The summed E-state index contributed by atoms with van der Waals surface area (Å²) < 4.78 is 16.7. The average molecular weight is 399 g/mol. The summed E-state index contributed by atoms with van der Waals surface area (Å²) in [5.74, 6) is 2.51. The largest absolute Gasteiger partial charge is 0.494 e. The molecule has 3 rings (SSSR count). The van der Waals surface area contributed by atoms with E-state index in [-0.39, 0.29) is 24.0 Å². The van der Waals surface area contributed by atoms with Crippen molar-refractivity contribution in [2.24, 2.45) is 5.92 Å². The third-order valence-corrected chi connectivity index (χ3v) is 4.92. The molecular weight excluding hydrogens is 368 g/mol. The lowest BCUT2D eigenvalue weighted by Gasteiger charge is -2.26. The Hall–Kier alpha value is -2.89. The van der Waals surface area contributed by atoms with Crippen LogP contribution in [-0.4, -0.2) is 25.9 Å². The summed E-state index contributed by atoms with van der Waals surface area (Å²) in [6.07, 6.45) is 0. The van der Waals surface area contributed by atoms with E-state index in [9.17, 15) is 4.79 Å². The second kappa shape index (κ2) is 9.54. The van der Waals surface area contributed by atoms with Gasteiger partial charge in [0.1, 0.15) is 19.0 Å². The minimum atomic E-state index is -0.208. The van der Waals surface area contributed by atoms with Gasteiger partial charge in [0.05, 0.1) is 18.7 Å². The lowest BCUT2D eigenvalue weighted by molar-refractivity contribution is 0.171. The van der Waals surface area contributed by atoms with Crippen LogP contribution in [0.15, 0.2) is 42.5 Å². The zero-order chi connectivity index (χ0) is 20.8. The van der Waals surface area contributed by atoms with E-state index in [2.05, 4.69) is 24.5 Å². The number of ether oxygens (including phenoxy) is 3. The van der Waals surface area contributed by atoms with Crippen LogP contribution in [0, 0.1) is 5.92 Å². The standard InChI is InChI=1S/C23H30N2O4/c1-5-27-19-9-6-17(7-10-19)16(4)24-23(26)25-22(15(2)3)18-8-11-20-21(14-18)29-13-12-28-20/h6-11,14-16,22H,5,12-13H2,1-4H3,(H2,24,25,26)/t16-,22-/m0/s1. The zero-order valence-electron chi connectivity index (χ0n) is 17.5. The van der Waals surface area contributed by atoms with Crippen LogP contribution in [0.5, 0.6) is 17.2 Å². The predicted molar refractivity (Wildman–Crippen MR) is 113 cm³/mol. The molecule has 0 aromatic heterocycles. The molecule has 2 aromatic rings. The quantitative estimate of drug-likeness (QED) is 0.714. The molecule has 0 aliphatic carbocycles. The number of carbonyl (C=O) groups is 1. The number of benzene rings is 2. The van der Waals surface area contributed by atoms with E-state index in [1.165, 1.54) is 0 Å². The van der Waals surface area contributed by atoms with E-state index in [0.29, 0.717) is 19.8 Å². The van der Waals surface area contributed by atoms with E-state index in [1.54, 1.807) is 0 Å². The van der Waals surface area contributed by atoms with Gasteiger partial charge in [-0.25, -0.2) is 4.79 Å². The Morgan fingerprint density at radius 1 is 0.966 bits per heavy atom. The van der Waals surface area contributed by atoms with Gasteiger partial charge in [-0.15, -0.1) is 0 Å². The number of amides is 2. The SMILES string of the molecule is CCOc1ccc([C@H](C)NC(=O)N[C@H](c2ccc3c(c2)OCCO3)C(C)C)cc1. The normalized spacial score (nSPS) is 14.8. The van der Waals surface area contributed by atoms with Gasteiger partial charge < -0.3 is 24.8 Å². The molecule has 6 heteroatoms. The van der Waals surface area contributed by atoms with Crippen molar-refractivity contribution in [2.45, 2.75) is 39.8 Å². The van der Waals surface area contributed by atoms with Crippen LogP contribution in [0.4, 0.5) is 4.79 Å². The summed E-state index contributed by atoms with van der Waals surface area (Å²) in [5.41, 5.74) is 2.01. The van der Waals surface area contributed by atoms with Crippen LogP contribution in [-0.2, 0) is 0 Å². The maximum atomic E-state index is 12.7. The number of rotatable bonds is 7. The Morgan fingerprint density at radius 2 is 1.62 bits per heavy atom. The van der Waals surface area contributed by atoms with Crippen molar-refractivity contribution >= 4 is 6.03 Å². The van der Waals surface area contributed by atoms with E-state index in [4.69, 9.17) is 14.2 Å². The van der Waals surface area contributed by atoms with Crippen LogP contribution in [0.3, 0.4) is 0 Å². The van der Waals surface area contributed by atoms with Gasteiger partial charge in [0.15, 0.2) is 11.5 Å². The molecule has 0 saturated carbocycles. The molecule has 0 saturated heterocycles. The van der Waals surface area contributed by atoms with Crippen LogP contribution in [0.25, 0.3) is 0 Å². The molecule has 2 amide bonds. The first-order chi connectivity index (χ1) is 14.0.